The first-order valence-corrected chi connectivity index (χ1v) is 8.97. The molecule has 0 bridgehead atoms. The van der Waals surface area contributed by atoms with Crippen LogP contribution in [0.25, 0.3) is 0 Å². The Hall–Kier alpha value is -1.92. The van der Waals surface area contributed by atoms with E-state index in [9.17, 15) is 19.2 Å². The molecular formula is C17H25N3O4. The van der Waals surface area contributed by atoms with Crippen LogP contribution in [0.15, 0.2) is 0 Å². The summed E-state index contributed by atoms with van der Waals surface area (Å²) in [5, 5.41) is 2.85. The van der Waals surface area contributed by atoms with Crippen molar-refractivity contribution in [2.75, 3.05) is 6.54 Å². The Morgan fingerprint density at radius 2 is 1.62 bits per heavy atom. The number of nitrogens with one attached hydrogen (secondary N) is 1. The number of rotatable bonds is 4. The van der Waals surface area contributed by atoms with Gasteiger partial charge in [0, 0.05) is 12.1 Å². The normalized spacial score (nSPS) is 28.8. The zero-order valence-electron chi connectivity index (χ0n) is 14.1. The Kier molecular flexibility index (Phi) is 4.87. The van der Waals surface area contributed by atoms with Crippen LogP contribution in [0, 0.1) is 5.92 Å². The third-order valence-corrected chi connectivity index (χ3v) is 5.50. The molecular weight excluding hydrogens is 310 g/mol. The maximum Gasteiger partial charge on any atom is 0.334 e. The fourth-order valence-electron chi connectivity index (χ4n) is 4.12. The summed E-state index contributed by atoms with van der Waals surface area (Å²) >= 11 is 0. The molecule has 0 aromatic heterocycles. The molecule has 0 aromatic carbocycles. The van der Waals surface area contributed by atoms with Crippen molar-refractivity contribution in [3.8, 4) is 0 Å². The Bertz CT molecular complexity index is 556. The van der Waals surface area contributed by atoms with E-state index in [0.29, 0.717) is 0 Å². The summed E-state index contributed by atoms with van der Waals surface area (Å²) in [6.07, 6.45) is 7.72. The quantitative estimate of drug-likeness (QED) is 0.622. The van der Waals surface area contributed by atoms with E-state index in [1.165, 1.54) is 0 Å². The number of carbonyl (C=O) groups excluding carboxylic acids is 4. The molecule has 132 valence electrons. The van der Waals surface area contributed by atoms with Gasteiger partial charge in [-0.1, -0.05) is 32.6 Å². The van der Waals surface area contributed by atoms with Crippen molar-refractivity contribution in [2.24, 2.45) is 5.92 Å². The van der Waals surface area contributed by atoms with Gasteiger partial charge in [0.25, 0.3) is 0 Å². The van der Waals surface area contributed by atoms with E-state index in [-0.39, 0.29) is 30.5 Å². The molecule has 3 rings (SSSR count). The third-order valence-electron chi connectivity index (χ3n) is 5.50. The Labute approximate surface area is 141 Å². The Morgan fingerprint density at radius 1 is 1.00 bits per heavy atom. The average molecular weight is 335 g/mol. The van der Waals surface area contributed by atoms with Crippen LogP contribution in [0.2, 0.25) is 0 Å². The lowest BCUT2D eigenvalue weighted by molar-refractivity contribution is -0.145. The van der Waals surface area contributed by atoms with Gasteiger partial charge in [0.1, 0.15) is 6.54 Å². The van der Waals surface area contributed by atoms with Crippen LogP contribution < -0.4 is 5.32 Å². The topological polar surface area (TPSA) is 86.8 Å². The highest BCUT2D eigenvalue weighted by Gasteiger charge is 2.49. The minimum absolute atomic E-state index is 0.121. The summed E-state index contributed by atoms with van der Waals surface area (Å²) in [7, 11) is 0. The highest BCUT2D eigenvalue weighted by Crippen LogP contribution is 2.31. The number of hydrogen-bond acceptors (Lipinski definition) is 4. The zero-order valence-corrected chi connectivity index (χ0v) is 14.1. The fraction of sp³-hybridized carbons (Fsp3) is 0.765. The SMILES string of the molecule is C[C@H]1CCCC[C@H]1N1C(=O)C(=O)N(CC(=O)NC2CCCC2)C1=O. The van der Waals surface area contributed by atoms with Gasteiger partial charge in [0.05, 0.1) is 0 Å². The molecule has 1 N–H and O–H groups in total. The van der Waals surface area contributed by atoms with Crippen LogP contribution in [0.1, 0.15) is 58.3 Å². The molecule has 5 amide bonds. The number of amides is 5. The van der Waals surface area contributed by atoms with Crippen molar-refractivity contribution in [3.05, 3.63) is 0 Å². The smallest absolute Gasteiger partial charge is 0.334 e. The van der Waals surface area contributed by atoms with Crippen LogP contribution in [0.5, 0.6) is 0 Å². The van der Waals surface area contributed by atoms with Crippen molar-refractivity contribution in [3.63, 3.8) is 0 Å². The van der Waals surface area contributed by atoms with Crippen molar-refractivity contribution in [1.29, 1.82) is 0 Å². The molecule has 0 radical (unpaired) electrons. The number of carbonyl (C=O) groups is 4. The van der Waals surface area contributed by atoms with E-state index in [0.717, 1.165) is 61.2 Å². The lowest BCUT2D eigenvalue weighted by Gasteiger charge is -2.34. The first kappa shape index (κ1) is 16.9. The predicted octanol–water partition coefficient (Wildman–Crippen LogP) is 1.41. The molecule has 7 heteroatoms. The third kappa shape index (κ3) is 3.16. The van der Waals surface area contributed by atoms with Gasteiger partial charge in [-0.25, -0.2) is 9.69 Å². The number of imide groups is 2. The monoisotopic (exact) mass is 335 g/mol. The number of hydrogen-bond donors (Lipinski definition) is 1. The van der Waals surface area contributed by atoms with E-state index in [1.807, 2.05) is 6.92 Å². The lowest BCUT2D eigenvalue weighted by atomic mass is 9.85. The van der Waals surface area contributed by atoms with E-state index < -0.39 is 17.8 Å². The van der Waals surface area contributed by atoms with Crippen LogP contribution in [0.3, 0.4) is 0 Å². The number of urea groups is 1. The molecule has 3 fully saturated rings. The van der Waals surface area contributed by atoms with Crippen LogP contribution in [0.4, 0.5) is 4.79 Å². The standard InChI is InChI=1S/C17H25N3O4/c1-11-6-2-5-9-13(11)20-16(23)15(22)19(17(20)24)10-14(21)18-12-7-3-4-8-12/h11-13H,2-10H2,1H3,(H,18,21)/t11-,13+/m0/s1. The Balaban J connectivity index is 1.66. The van der Waals surface area contributed by atoms with Crippen LogP contribution >= 0.6 is 0 Å². The van der Waals surface area contributed by atoms with Crippen molar-refractivity contribution >= 4 is 23.8 Å². The molecule has 3 aliphatic rings. The van der Waals surface area contributed by atoms with Crippen LogP contribution in [-0.4, -0.2) is 52.2 Å². The van der Waals surface area contributed by atoms with E-state index in [1.54, 1.807) is 0 Å². The molecule has 24 heavy (non-hydrogen) atoms. The number of nitrogens with zero attached hydrogens (tertiary/aromatic N) is 2. The summed E-state index contributed by atoms with van der Waals surface area (Å²) in [6, 6.07) is -0.744. The van der Waals surface area contributed by atoms with Crippen molar-refractivity contribution in [2.45, 2.75) is 70.4 Å². The molecule has 0 unspecified atom stereocenters. The highest BCUT2D eigenvalue weighted by molar-refractivity contribution is 6.45. The molecule has 0 aromatic rings. The lowest BCUT2D eigenvalue weighted by Crippen LogP contribution is -2.47. The predicted molar refractivity (Wildman–Crippen MR) is 85.8 cm³/mol. The summed E-state index contributed by atoms with van der Waals surface area (Å²) in [5.74, 6) is -1.84. The zero-order chi connectivity index (χ0) is 17.3. The minimum atomic E-state index is -0.876. The second-order valence-electron chi connectivity index (χ2n) is 7.23. The molecule has 0 spiro atoms. The summed E-state index contributed by atoms with van der Waals surface area (Å²) in [6.45, 7) is 1.64. The first-order chi connectivity index (χ1) is 11.5. The molecule has 1 heterocycles. The van der Waals surface area contributed by atoms with E-state index >= 15 is 0 Å². The van der Waals surface area contributed by atoms with Gasteiger partial charge in [-0.05, 0) is 31.6 Å². The van der Waals surface area contributed by atoms with Gasteiger partial charge >= 0.3 is 17.8 Å². The second kappa shape index (κ2) is 6.91. The fourth-order valence-corrected chi connectivity index (χ4v) is 4.12. The van der Waals surface area contributed by atoms with Gasteiger partial charge in [0.2, 0.25) is 5.91 Å². The second-order valence-corrected chi connectivity index (χ2v) is 7.23. The summed E-state index contributed by atoms with van der Waals surface area (Å²) in [4.78, 5) is 51.0. The Morgan fingerprint density at radius 3 is 2.29 bits per heavy atom. The van der Waals surface area contributed by atoms with E-state index in [4.69, 9.17) is 0 Å². The molecule has 2 aliphatic carbocycles. The molecule has 1 aliphatic heterocycles. The van der Waals surface area contributed by atoms with Crippen molar-refractivity contribution < 1.29 is 19.2 Å². The average Bonchev–Trinajstić information content (AvgIpc) is 3.12. The summed E-state index contributed by atoms with van der Waals surface area (Å²) < 4.78 is 0. The largest absolute Gasteiger partial charge is 0.352 e. The maximum absolute atomic E-state index is 12.6. The van der Waals surface area contributed by atoms with Gasteiger partial charge in [-0.3, -0.25) is 19.3 Å². The van der Waals surface area contributed by atoms with E-state index in [2.05, 4.69) is 5.32 Å². The summed E-state index contributed by atoms with van der Waals surface area (Å²) in [5.41, 5.74) is 0. The maximum atomic E-state index is 12.6. The molecule has 7 nitrogen and oxygen atoms in total. The first-order valence-electron chi connectivity index (χ1n) is 8.97. The highest BCUT2D eigenvalue weighted by atomic mass is 16.2. The molecule has 2 atom stereocenters. The molecule has 2 saturated carbocycles. The van der Waals surface area contributed by atoms with Crippen molar-refractivity contribution in [1.82, 2.24) is 15.1 Å². The molecule has 1 saturated heterocycles. The van der Waals surface area contributed by atoms with Gasteiger partial charge in [-0.2, -0.15) is 0 Å². The van der Waals surface area contributed by atoms with Crippen LogP contribution in [-0.2, 0) is 14.4 Å². The van der Waals surface area contributed by atoms with Gasteiger partial charge in [-0.15, -0.1) is 0 Å². The van der Waals surface area contributed by atoms with Gasteiger partial charge in [0.15, 0.2) is 0 Å². The van der Waals surface area contributed by atoms with Gasteiger partial charge < -0.3 is 5.32 Å². The minimum Gasteiger partial charge on any atom is -0.352 e.